The molecule has 214 valence electrons. The van der Waals surface area contributed by atoms with Gasteiger partial charge in [-0.3, -0.25) is 13.9 Å². The van der Waals surface area contributed by atoms with Gasteiger partial charge in [0.15, 0.2) is 0 Å². The molecule has 0 aromatic heterocycles. The van der Waals surface area contributed by atoms with E-state index in [1.165, 1.54) is 43.4 Å². The predicted octanol–water partition coefficient (Wildman–Crippen LogP) is 4.60. The van der Waals surface area contributed by atoms with E-state index in [0.29, 0.717) is 5.75 Å². The van der Waals surface area contributed by atoms with E-state index in [-0.39, 0.29) is 34.8 Å². The van der Waals surface area contributed by atoms with Crippen molar-refractivity contribution >= 4 is 43.5 Å². The third-order valence-corrected chi connectivity index (χ3v) is 8.39. The Kier molecular flexibility index (Phi) is 10.6. The van der Waals surface area contributed by atoms with Crippen LogP contribution in [0.15, 0.2) is 82.2 Å². The fourth-order valence-corrected chi connectivity index (χ4v) is 5.92. The van der Waals surface area contributed by atoms with Crippen LogP contribution in [0.25, 0.3) is 0 Å². The molecule has 1 unspecified atom stereocenters. The number of para-hydroxylation sites is 2. The van der Waals surface area contributed by atoms with E-state index in [4.69, 9.17) is 9.47 Å². The molecule has 1 N–H and O–H groups in total. The first-order chi connectivity index (χ1) is 19.0. The number of carbonyl (C=O) groups excluding carboxylic acids is 2. The first kappa shape index (κ1) is 31.0. The molecule has 0 heterocycles. The number of rotatable bonds is 12. The molecule has 0 aliphatic rings. The summed E-state index contributed by atoms with van der Waals surface area (Å²) in [4.78, 5) is 28.4. The third-order valence-electron chi connectivity index (χ3n) is 6.12. The highest BCUT2D eigenvalue weighted by atomic mass is 79.9. The number of amides is 2. The average molecular weight is 633 g/mol. The molecule has 0 radical (unpaired) electrons. The van der Waals surface area contributed by atoms with Gasteiger partial charge in [0.1, 0.15) is 24.1 Å². The molecular weight excluding hydrogens is 598 g/mol. The number of nitrogens with zero attached hydrogens (tertiary/aromatic N) is 2. The van der Waals surface area contributed by atoms with Crippen molar-refractivity contribution in [3.63, 3.8) is 0 Å². The Morgan fingerprint density at radius 1 is 0.925 bits per heavy atom. The maximum absolute atomic E-state index is 14.0. The highest BCUT2D eigenvalue weighted by molar-refractivity contribution is 9.10. The minimum Gasteiger partial charge on any atom is -0.497 e. The first-order valence-corrected chi connectivity index (χ1v) is 14.8. The monoisotopic (exact) mass is 631 g/mol. The molecule has 0 bridgehead atoms. The Bertz CT molecular complexity index is 1430. The van der Waals surface area contributed by atoms with Crippen molar-refractivity contribution in [1.82, 2.24) is 10.2 Å². The summed E-state index contributed by atoms with van der Waals surface area (Å²) in [6.07, 6.45) is 0. The lowest BCUT2D eigenvalue weighted by atomic mass is 10.1. The van der Waals surface area contributed by atoms with Crippen LogP contribution in [0.1, 0.15) is 26.3 Å². The molecular formula is C29H34BrN3O6S. The number of hydrogen-bond acceptors (Lipinski definition) is 6. The molecule has 3 aromatic rings. The van der Waals surface area contributed by atoms with E-state index in [9.17, 15) is 18.0 Å². The van der Waals surface area contributed by atoms with Crippen LogP contribution in [0.4, 0.5) is 5.69 Å². The number of carbonyl (C=O) groups is 2. The van der Waals surface area contributed by atoms with E-state index in [0.717, 1.165) is 14.3 Å². The standard InChI is InChI=1S/C29H34BrN3O6S/c1-20(2)31-29(35)21(3)32(18-22-9-8-10-23(30)17-22)28(34)19-33(26-11-6-7-12-27(26)39-5)40(36,37)25-15-13-24(38-4)14-16-25/h6-17,20-21H,18-19H2,1-5H3,(H,31,35). The number of sulfonamides is 1. The maximum Gasteiger partial charge on any atom is 0.264 e. The summed E-state index contributed by atoms with van der Waals surface area (Å²) in [6.45, 7) is 4.81. The summed E-state index contributed by atoms with van der Waals surface area (Å²) in [5.41, 5.74) is 0.963. The molecule has 1 atom stereocenters. The number of methoxy groups -OCH3 is 2. The number of benzene rings is 3. The molecule has 0 spiro atoms. The number of nitrogens with one attached hydrogen (secondary N) is 1. The molecule has 0 saturated carbocycles. The van der Waals surface area contributed by atoms with E-state index >= 15 is 0 Å². The average Bonchev–Trinajstić information content (AvgIpc) is 2.93. The summed E-state index contributed by atoms with van der Waals surface area (Å²) < 4.78 is 40.4. The van der Waals surface area contributed by atoms with Gasteiger partial charge in [-0.15, -0.1) is 0 Å². The van der Waals surface area contributed by atoms with E-state index < -0.39 is 28.5 Å². The van der Waals surface area contributed by atoms with Crippen molar-refractivity contribution in [2.24, 2.45) is 0 Å². The number of anilines is 1. The van der Waals surface area contributed by atoms with Crippen molar-refractivity contribution in [2.45, 2.75) is 44.3 Å². The molecule has 0 aliphatic carbocycles. The topological polar surface area (TPSA) is 105 Å². The maximum atomic E-state index is 14.0. The van der Waals surface area contributed by atoms with Crippen LogP contribution in [0.2, 0.25) is 0 Å². The second-order valence-corrected chi connectivity index (χ2v) is 12.1. The highest BCUT2D eigenvalue weighted by Crippen LogP contribution is 2.33. The zero-order chi connectivity index (χ0) is 29.4. The summed E-state index contributed by atoms with van der Waals surface area (Å²) in [7, 11) is -1.33. The molecule has 0 fully saturated rings. The molecule has 2 amide bonds. The van der Waals surface area contributed by atoms with E-state index in [1.54, 1.807) is 31.2 Å². The molecule has 40 heavy (non-hydrogen) atoms. The van der Waals surface area contributed by atoms with Gasteiger partial charge in [0.2, 0.25) is 11.8 Å². The van der Waals surface area contributed by atoms with Crippen molar-refractivity contribution in [3.8, 4) is 11.5 Å². The second-order valence-electron chi connectivity index (χ2n) is 9.35. The van der Waals surface area contributed by atoms with Gasteiger partial charge in [-0.1, -0.05) is 40.2 Å². The summed E-state index contributed by atoms with van der Waals surface area (Å²) in [5, 5.41) is 2.84. The van der Waals surface area contributed by atoms with E-state index in [1.807, 2.05) is 38.1 Å². The van der Waals surface area contributed by atoms with Gasteiger partial charge in [-0.05, 0) is 74.9 Å². The van der Waals surface area contributed by atoms with Crippen LogP contribution >= 0.6 is 15.9 Å². The number of halogens is 1. The normalized spacial score (nSPS) is 12.0. The number of hydrogen-bond donors (Lipinski definition) is 1. The van der Waals surface area contributed by atoms with Crippen molar-refractivity contribution in [1.29, 1.82) is 0 Å². The molecule has 3 aromatic carbocycles. The van der Waals surface area contributed by atoms with Gasteiger partial charge in [-0.25, -0.2) is 8.42 Å². The van der Waals surface area contributed by atoms with Crippen LogP contribution in [0.3, 0.4) is 0 Å². The lowest BCUT2D eigenvalue weighted by Crippen LogP contribution is -2.52. The Hall–Kier alpha value is -3.57. The fraction of sp³-hybridized carbons (Fsp3) is 0.310. The van der Waals surface area contributed by atoms with Crippen molar-refractivity contribution < 1.29 is 27.5 Å². The van der Waals surface area contributed by atoms with Gasteiger partial charge in [0.05, 0.1) is 24.8 Å². The Balaban J connectivity index is 2.07. The Labute approximate surface area is 244 Å². The van der Waals surface area contributed by atoms with Crippen molar-refractivity contribution in [2.75, 3.05) is 25.1 Å². The molecule has 9 nitrogen and oxygen atoms in total. The molecule has 3 rings (SSSR count). The smallest absolute Gasteiger partial charge is 0.264 e. The Morgan fingerprint density at radius 3 is 2.20 bits per heavy atom. The minimum absolute atomic E-state index is 0.0313. The van der Waals surface area contributed by atoms with Crippen LogP contribution in [-0.2, 0) is 26.2 Å². The van der Waals surface area contributed by atoms with Crippen LogP contribution in [-0.4, -0.2) is 58.0 Å². The second kappa shape index (κ2) is 13.7. The summed E-state index contributed by atoms with van der Waals surface area (Å²) in [5.74, 6) is -0.143. The molecule has 0 saturated heterocycles. The van der Waals surface area contributed by atoms with Gasteiger partial charge in [0.25, 0.3) is 10.0 Å². The minimum atomic E-state index is -4.24. The largest absolute Gasteiger partial charge is 0.497 e. The van der Waals surface area contributed by atoms with Crippen LogP contribution < -0.4 is 19.1 Å². The summed E-state index contributed by atoms with van der Waals surface area (Å²) in [6, 6.07) is 18.8. The lowest BCUT2D eigenvalue weighted by molar-refractivity contribution is -0.139. The quantitative estimate of drug-likeness (QED) is 0.313. The molecule has 11 heteroatoms. The lowest BCUT2D eigenvalue weighted by Gasteiger charge is -2.32. The first-order valence-electron chi connectivity index (χ1n) is 12.6. The molecule has 0 aliphatic heterocycles. The number of ether oxygens (including phenoxy) is 2. The van der Waals surface area contributed by atoms with E-state index in [2.05, 4.69) is 21.2 Å². The van der Waals surface area contributed by atoms with Gasteiger partial charge < -0.3 is 19.7 Å². The zero-order valence-corrected chi connectivity index (χ0v) is 25.5. The van der Waals surface area contributed by atoms with Gasteiger partial charge >= 0.3 is 0 Å². The summed E-state index contributed by atoms with van der Waals surface area (Å²) >= 11 is 3.44. The van der Waals surface area contributed by atoms with Crippen molar-refractivity contribution in [3.05, 3.63) is 82.8 Å². The Morgan fingerprint density at radius 2 is 1.60 bits per heavy atom. The fourth-order valence-electron chi connectivity index (χ4n) is 4.04. The van der Waals surface area contributed by atoms with Gasteiger partial charge in [0, 0.05) is 17.1 Å². The third kappa shape index (κ3) is 7.54. The SMILES string of the molecule is COc1ccc(S(=O)(=O)N(CC(=O)N(Cc2cccc(Br)c2)C(C)C(=O)NC(C)C)c2ccccc2OC)cc1. The van der Waals surface area contributed by atoms with Gasteiger partial charge in [-0.2, -0.15) is 0 Å². The van der Waals surface area contributed by atoms with Crippen LogP contribution in [0, 0.1) is 0 Å². The predicted molar refractivity (Wildman–Crippen MR) is 158 cm³/mol. The van der Waals surface area contributed by atoms with Crippen LogP contribution in [0.5, 0.6) is 11.5 Å². The zero-order valence-electron chi connectivity index (χ0n) is 23.1. The highest BCUT2D eigenvalue weighted by Gasteiger charge is 2.34.